The molecule has 0 radical (unpaired) electrons. The van der Waals surface area contributed by atoms with Crippen LogP contribution in [0.2, 0.25) is 25.7 Å². The number of anilines is 1. The first-order chi connectivity index (χ1) is 19.5. The summed E-state index contributed by atoms with van der Waals surface area (Å²) >= 11 is 0. The zero-order valence-corrected chi connectivity index (χ0v) is 25.6. The van der Waals surface area contributed by atoms with Crippen LogP contribution in [-0.2, 0) is 11.5 Å². The summed E-state index contributed by atoms with van der Waals surface area (Å²) in [5.41, 5.74) is 4.15. The first kappa shape index (κ1) is 28.5. The average molecular weight is 568 g/mol. The van der Waals surface area contributed by atoms with Crippen LogP contribution in [0.1, 0.15) is 29.7 Å². The van der Waals surface area contributed by atoms with E-state index < -0.39 is 8.07 Å². The monoisotopic (exact) mass is 567 g/mol. The molecule has 7 nitrogen and oxygen atoms in total. The topological polar surface area (TPSA) is 86.4 Å². The van der Waals surface area contributed by atoms with Gasteiger partial charge in [0.2, 0.25) is 0 Å². The van der Waals surface area contributed by atoms with E-state index in [2.05, 4.69) is 29.9 Å². The number of nitrogens with zero attached hydrogens (tertiary/aromatic N) is 2. The van der Waals surface area contributed by atoms with Crippen molar-refractivity contribution in [2.45, 2.75) is 59.2 Å². The fraction of sp³-hybridized carbons (Fsp3) is 0.303. The van der Waals surface area contributed by atoms with Gasteiger partial charge in [0, 0.05) is 55.6 Å². The van der Waals surface area contributed by atoms with Crippen molar-refractivity contribution in [2.24, 2.45) is 0 Å². The Morgan fingerprint density at radius 1 is 1.07 bits per heavy atom. The van der Waals surface area contributed by atoms with Gasteiger partial charge in [-0.05, 0) is 68.1 Å². The molecule has 8 heteroatoms. The highest BCUT2D eigenvalue weighted by Crippen LogP contribution is 2.33. The second kappa shape index (κ2) is 11.5. The van der Waals surface area contributed by atoms with Crippen LogP contribution in [0.15, 0.2) is 81.1 Å². The molecule has 212 valence electrons. The number of rotatable bonds is 9. The second-order valence-electron chi connectivity index (χ2n) is 11.9. The van der Waals surface area contributed by atoms with E-state index in [1.54, 1.807) is 30.1 Å². The Morgan fingerprint density at radius 3 is 2.61 bits per heavy atom. The first-order valence-electron chi connectivity index (χ1n) is 14.0. The van der Waals surface area contributed by atoms with Gasteiger partial charge in [-0.2, -0.15) is 0 Å². The largest absolute Gasteiger partial charge is 0.455 e. The molecule has 1 atom stereocenters. The Kier molecular flexibility index (Phi) is 7.97. The van der Waals surface area contributed by atoms with Gasteiger partial charge >= 0.3 is 0 Å². The molecule has 0 amide bonds. The second-order valence-corrected chi connectivity index (χ2v) is 17.6. The molecule has 0 aliphatic rings. The van der Waals surface area contributed by atoms with Gasteiger partial charge in [-0.25, -0.2) is 0 Å². The van der Waals surface area contributed by atoms with Gasteiger partial charge in [0.05, 0.1) is 16.8 Å². The molecular weight excluding hydrogens is 530 g/mol. The Bertz CT molecular complexity index is 1840. The van der Waals surface area contributed by atoms with Crippen LogP contribution in [0.25, 0.3) is 33.1 Å². The van der Waals surface area contributed by atoms with Gasteiger partial charge in [0.1, 0.15) is 18.1 Å². The Labute approximate surface area is 240 Å². The van der Waals surface area contributed by atoms with Crippen LogP contribution < -0.4 is 16.3 Å². The van der Waals surface area contributed by atoms with Crippen molar-refractivity contribution in [2.75, 3.05) is 11.9 Å². The Balaban J connectivity index is 1.53. The van der Waals surface area contributed by atoms with Crippen molar-refractivity contribution in [1.82, 2.24) is 9.55 Å². The van der Waals surface area contributed by atoms with E-state index in [1.807, 2.05) is 62.4 Å². The third kappa shape index (κ3) is 6.04. The first-order valence-corrected chi connectivity index (χ1v) is 17.7. The van der Waals surface area contributed by atoms with Crippen molar-refractivity contribution in [1.29, 1.82) is 0 Å². The molecule has 5 aromatic rings. The zero-order chi connectivity index (χ0) is 29.3. The number of hydrogen-bond donors (Lipinski definition) is 1. The molecule has 0 bridgehead atoms. The quantitative estimate of drug-likeness (QED) is 0.149. The summed E-state index contributed by atoms with van der Waals surface area (Å²) in [5, 5.41) is 5.53. The number of ether oxygens (including phenoxy) is 1. The number of benzene rings is 2. The Hall–Kier alpha value is -4.01. The van der Waals surface area contributed by atoms with Crippen molar-refractivity contribution >= 4 is 35.5 Å². The highest BCUT2D eigenvalue weighted by molar-refractivity contribution is 6.76. The van der Waals surface area contributed by atoms with E-state index in [-0.39, 0.29) is 23.8 Å². The van der Waals surface area contributed by atoms with Crippen LogP contribution in [0.5, 0.6) is 0 Å². The summed E-state index contributed by atoms with van der Waals surface area (Å²) in [6.07, 6.45) is 5.18. The van der Waals surface area contributed by atoms with Crippen LogP contribution in [-0.4, -0.2) is 24.2 Å². The molecule has 5 rings (SSSR count). The molecule has 0 aliphatic heterocycles. The predicted molar refractivity (Wildman–Crippen MR) is 170 cm³/mol. The lowest BCUT2D eigenvalue weighted by atomic mass is 9.98. The highest BCUT2D eigenvalue weighted by atomic mass is 28.3. The summed E-state index contributed by atoms with van der Waals surface area (Å²) in [7, 11) is -1.22. The van der Waals surface area contributed by atoms with Crippen LogP contribution >= 0.6 is 0 Å². The van der Waals surface area contributed by atoms with Gasteiger partial charge in [-0.15, -0.1) is 0 Å². The standard InChI is InChI=1S/C33H37N3O4Si/c1-21-17-26(32-27(18-21)30(37)22(2)31(40-32)25-10-8-13-34-19-25)23(3)35-28-11-7-9-24-12-14-36(33(38)29(24)28)20-39-15-16-41(4,5)6/h7-14,17-19,23,35H,15-16,20H2,1-6H3/t23-/m1/s1. The van der Waals surface area contributed by atoms with Crippen LogP contribution in [0.4, 0.5) is 5.69 Å². The Morgan fingerprint density at radius 2 is 1.88 bits per heavy atom. The molecule has 1 N–H and O–H groups in total. The van der Waals surface area contributed by atoms with E-state index in [0.29, 0.717) is 40.0 Å². The summed E-state index contributed by atoms with van der Waals surface area (Å²) < 4.78 is 13.9. The molecule has 0 saturated carbocycles. The third-order valence-electron chi connectivity index (χ3n) is 7.39. The minimum absolute atomic E-state index is 0.0653. The van der Waals surface area contributed by atoms with Gasteiger partial charge < -0.3 is 14.5 Å². The van der Waals surface area contributed by atoms with Crippen molar-refractivity contribution in [3.05, 3.63) is 104 Å². The highest BCUT2D eigenvalue weighted by Gasteiger charge is 2.20. The molecule has 3 heterocycles. The van der Waals surface area contributed by atoms with E-state index in [1.165, 1.54) is 0 Å². The van der Waals surface area contributed by atoms with Crippen LogP contribution in [0, 0.1) is 13.8 Å². The maximum atomic E-state index is 13.6. The lowest BCUT2D eigenvalue weighted by Crippen LogP contribution is -2.25. The van der Waals surface area contributed by atoms with Gasteiger partial charge in [-0.1, -0.05) is 37.8 Å². The lowest BCUT2D eigenvalue weighted by molar-refractivity contribution is 0.0851. The molecule has 0 fully saturated rings. The number of fused-ring (bicyclic) bond motifs is 2. The maximum absolute atomic E-state index is 13.6. The molecule has 3 aromatic heterocycles. The molecule has 0 unspecified atom stereocenters. The van der Waals surface area contributed by atoms with E-state index in [9.17, 15) is 9.59 Å². The summed E-state index contributed by atoms with van der Waals surface area (Å²) in [4.78, 5) is 31.3. The van der Waals surface area contributed by atoms with Gasteiger partial charge in [0.25, 0.3) is 5.56 Å². The fourth-order valence-electron chi connectivity index (χ4n) is 5.07. The third-order valence-corrected chi connectivity index (χ3v) is 9.09. The summed E-state index contributed by atoms with van der Waals surface area (Å²) in [6, 6.07) is 16.1. The van der Waals surface area contributed by atoms with Crippen molar-refractivity contribution in [3.63, 3.8) is 0 Å². The van der Waals surface area contributed by atoms with Gasteiger partial charge in [0.15, 0.2) is 5.43 Å². The van der Waals surface area contributed by atoms with E-state index >= 15 is 0 Å². The van der Waals surface area contributed by atoms with E-state index in [4.69, 9.17) is 9.15 Å². The molecular formula is C33H37N3O4Si. The molecule has 0 spiro atoms. The summed E-state index contributed by atoms with van der Waals surface area (Å²) in [5.74, 6) is 0.509. The van der Waals surface area contributed by atoms with E-state index in [0.717, 1.165) is 28.1 Å². The number of aryl methyl sites for hydroxylation is 1. The average Bonchev–Trinajstić information content (AvgIpc) is 2.94. The predicted octanol–water partition coefficient (Wildman–Crippen LogP) is 7.27. The molecule has 0 saturated heterocycles. The van der Waals surface area contributed by atoms with Crippen molar-refractivity contribution < 1.29 is 9.15 Å². The smallest absolute Gasteiger partial charge is 0.262 e. The number of pyridine rings is 2. The fourth-order valence-corrected chi connectivity index (χ4v) is 5.82. The summed E-state index contributed by atoms with van der Waals surface area (Å²) in [6.45, 7) is 13.5. The SMILES string of the molecule is Cc1cc([C@@H](C)Nc2cccc3ccn(COCC[Si](C)(C)C)c(=O)c23)c2oc(-c3cccnc3)c(C)c(=O)c2c1. The number of aromatic nitrogens is 2. The number of nitrogens with one attached hydrogen (secondary N) is 1. The molecule has 0 aliphatic carbocycles. The van der Waals surface area contributed by atoms with Crippen molar-refractivity contribution in [3.8, 4) is 11.3 Å². The number of hydrogen-bond acceptors (Lipinski definition) is 6. The zero-order valence-electron chi connectivity index (χ0n) is 24.6. The van der Waals surface area contributed by atoms with Gasteiger partial charge in [-0.3, -0.25) is 19.1 Å². The minimum atomic E-state index is -1.22. The minimum Gasteiger partial charge on any atom is -0.455 e. The molecule has 2 aromatic carbocycles. The maximum Gasteiger partial charge on any atom is 0.262 e. The lowest BCUT2D eigenvalue weighted by Gasteiger charge is -2.20. The molecule has 41 heavy (non-hydrogen) atoms. The normalized spacial score (nSPS) is 12.6. The van der Waals surface area contributed by atoms with Crippen LogP contribution in [0.3, 0.4) is 0 Å².